The summed E-state index contributed by atoms with van der Waals surface area (Å²) in [4.78, 5) is 25.2. The fraction of sp³-hybridized carbons (Fsp3) is 0.400. The largest absolute Gasteiger partial charge is 0.489 e. The second-order valence-electron chi connectivity index (χ2n) is 10.2. The van der Waals surface area contributed by atoms with Crippen molar-refractivity contribution in [3.8, 4) is 11.8 Å². The van der Waals surface area contributed by atoms with Gasteiger partial charge in [-0.2, -0.15) is 10.4 Å². The van der Waals surface area contributed by atoms with Crippen molar-refractivity contribution in [2.75, 3.05) is 11.9 Å². The lowest BCUT2D eigenvalue weighted by atomic mass is 9.94. The van der Waals surface area contributed by atoms with Crippen LogP contribution >= 0.6 is 0 Å². The Morgan fingerprint density at radius 1 is 1.26 bits per heavy atom. The number of aryl methyl sites for hydroxylation is 3. The van der Waals surface area contributed by atoms with Gasteiger partial charge in [-0.25, -0.2) is 0 Å². The van der Waals surface area contributed by atoms with Crippen molar-refractivity contribution >= 4 is 17.6 Å². The molecule has 1 fully saturated rings. The second kappa shape index (κ2) is 10.7. The number of nitrogens with one attached hydrogen (secondary N) is 1. The number of ether oxygens (including phenoxy) is 2. The molecule has 8 nitrogen and oxygen atoms in total. The summed E-state index contributed by atoms with van der Waals surface area (Å²) in [5.74, 6) is 0.414. The SMILES string of the molecule is CCOC(=O)CCCc1ccc(C#N)cc1NC(=O)[C@@H]1C[C@]12CCc1ccc(OCc3cnn(C)c3)cc12. The molecule has 1 amide bonds. The van der Waals surface area contributed by atoms with Gasteiger partial charge in [0.15, 0.2) is 0 Å². The number of nitrogens with zero attached hydrogens (tertiary/aromatic N) is 3. The Balaban J connectivity index is 1.27. The van der Waals surface area contributed by atoms with Crippen molar-refractivity contribution in [3.05, 3.63) is 76.6 Å². The van der Waals surface area contributed by atoms with Gasteiger partial charge in [0.1, 0.15) is 12.4 Å². The Morgan fingerprint density at radius 2 is 2.13 bits per heavy atom. The van der Waals surface area contributed by atoms with Crippen molar-refractivity contribution in [1.29, 1.82) is 5.26 Å². The number of carbonyl (C=O) groups excluding carboxylic acids is 2. The lowest BCUT2D eigenvalue weighted by molar-refractivity contribution is -0.143. The molecule has 0 saturated heterocycles. The van der Waals surface area contributed by atoms with Crippen LogP contribution in [0, 0.1) is 17.2 Å². The van der Waals surface area contributed by atoms with Crippen LogP contribution in [0.25, 0.3) is 0 Å². The molecule has 0 radical (unpaired) electrons. The minimum atomic E-state index is -0.227. The summed E-state index contributed by atoms with van der Waals surface area (Å²) in [7, 11) is 1.88. The van der Waals surface area contributed by atoms with E-state index in [1.807, 2.05) is 25.4 Å². The third-order valence-electron chi connectivity index (χ3n) is 7.64. The highest BCUT2D eigenvalue weighted by Gasteiger charge is 2.61. The van der Waals surface area contributed by atoms with E-state index in [9.17, 15) is 14.9 Å². The first-order chi connectivity index (χ1) is 18.4. The summed E-state index contributed by atoms with van der Waals surface area (Å²) in [6, 6.07) is 13.7. The van der Waals surface area contributed by atoms with Crippen LogP contribution in [0.15, 0.2) is 48.8 Å². The molecule has 38 heavy (non-hydrogen) atoms. The van der Waals surface area contributed by atoms with Gasteiger partial charge in [0.05, 0.1) is 24.4 Å². The number of esters is 1. The molecule has 2 aliphatic rings. The molecular formula is C30H32N4O4. The highest BCUT2D eigenvalue weighted by Crippen LogP contribution is 2.62. The molecule has 196 valence electrons. The van der Waals surface area contributed by atoms with Gasteiger partial charge in [0.2, 0.25) is 5.91 Å². The Hall–Kier alpha value is -4.12. The van der Waals surface area contributed by atoms with Crippen molar-refractivity contribution in [3.63, 3.8) is 0 Å². The predicted octanol–water partition coefficient (Wildman–Crippen LogP) is 4.60. The van der Waals surface area contributed by atoms with E-state index in [4.69, 9.17) is 9.47 Å². The van der Waals surface area contributed by atoms with Crippen molar-refractivity contribution < 1.29 is 19.1 Å². The Morgan fingerprint density at radius 3 is 2.89 bits per heavy atom. The normalized spacial score (nSPS) is 19.0. The third kappa shape index (κ3) is 5.28. The molecule has 1 saturated carbocycles. The van der Waals surface area contributed by atoms with Crippen LogP contribution in [0.2, 0.25) is 0 Å². The smallest absolute Gasteiger partial charge is 0.305 e. The molecule has 1 spiro atoms. The van der Waals surface area contributed by atoms with Gasteiger partial charge < -0.3 is 14.8 Å². The maximum Gasteiger partial charge on any atom is 0.305 e. The molecule has 5 rings (SSSR count). The highest BCUT2D eigenvalue weighted by atomic mass is 16.5. The Bertz CT molecular complexity index is 1410. The second-order valence-corrected chi connectivity index (χ2v) is 10.2. The predicted molar refractivity (Wildman–Crippen MR) is 141 cm³/mol. The van der Waals surface area contributed by atoms with Gasteiger partial charge in [-0.3, -0.25) is 14.3 Å². The number of anilines is 1. The molecule has 3 aromatic rings. The van der Waals surface area contributed by atoms with Crippen LogP contribution in [-0.4, -0.2) is 28.3 Å². The van der Waals surface area contributed by atoms with Gasteiger partial charge >= 0.3 is 5.97 Å². The Kier molecular flexibility index (Phi) is 7.19. The first-order valence-electron chi connectivity index (χ1n) is 13.1. The highest BCUT2D eigenvalue weighted by molar-refractivity contribution is 5.97. The number of amides is 1. The van der Waals surface area contributed by atoms with E-state index in [2.05, 4.69) is 28.6 Å². The van der Waals surface area contributed by atoms with Crippen molar-refractivity contribution in [1.82, 2.24) is 9.78 Å². The molecule has 0 aliphatic heterocycles. The van der Waals surface area contributed by atoms with Gasteiger partial charge in [0.25, 0.3) is 0 Å². The van der Waals surface area contributed by atoms with E-state index in [1.54, 1.807) is 29.9 Å². The van der Waals surface area contributed by atoms with E-state index < -0.39 is 0 Å². The van der Waals surface area contributed by atoms with Gasteiger partial charge in [-0.1, -0.05) is 12.1 Å². The van der Waals surface area contributed by atoms with Gasteiger partial charge in [-0.05, 0) is 80.0 Å². The number of benzene rings is 2. The minimum Gasteiger partial charge on any atom is -0.489 e. The first kappa shape index (κ1) is 25.5. The number of hydrogen-bond acceptors (Lipinski definition) is 6. The molecular weight excluding hydrogens is 480 g/mol. The minimum absolute atomic E-state index is 0.0266. The molecule has 2 atom stereocenters. The van der Waals surface area contributed by atoms with Crippen molar-refractivity contribution in [2.45, 2.75) is 57.5 Å². The maximum absolute atomic E-state index is 13.5. The van der Waals surface area contributed by atoms with Crippen LogP contribution in [0.1, 0.15) is 60.4 Å². The molecule has 0 bridgehead atoms. The van der Waals surface area contributed by atoms with E-state index in [0.717, 1.165) is 36.1 Å². The monoisotopic (exact) mass is 512 g/mol. The summed E-state index contributed by atoms with van der Waals surface area (Å²) in [6.45, 7) is 2.59. The summed E-state index contributed by atoms with van der Waals surface area (Å²) in [5, 5.41) is 16.7. The summed E-state index contributed by atoms with van der Waals surface area (Å²) >= 11 is 0. The fourth-order valence-corrected chi connectivity index (χ4v) is 5.61. The average molecular weight is 513 g/mol. The van der Waals surface area contributed by atoms with E-state index >= 15 is 0 Å². The molecule has 8 heteroatoms. The molecule has 2 aliphatic carbocycles. The average Bonchev–Trinajstić information content (AvgIpc) is 3.33. The van der Waals surface area contributed by atoms with Crippen LogP contribution in [0.5, 0.6) is 5.75 Å². The summed E-state index contributed by atoms with van der Waals surface area (Å²) < 4.78 is 12.8. The number of aromatic nitrogens is 2. The van der Waals surface area contributed by atoms with E-state index in [1.165, 1.54) is 11.1 Å². The summed E-state index contributed by atoms with van der Waals surface area (Å²) in [5.41, 5.74) is 5.37. The lowest BCUT2D eigenvalue weighted by Gasteiger charge is -2.15. The zero-order chi connectivity index (χ0) is 26.7. The van der Waals surface area contributed by atoms with Crippen molar-refractivity contribution in [2.24, 2.45) is 13.0 Å². The van der Waals surface area contributed by atoms with Crippen LogP contribution < -0.4 is 10.1 Å². The molecule has 1 heterocycles. The number of carbonyl (C=O) groups is 2. The van der Waals surface area contributed by atoms with E-state index in [-0.39, 0.29) is 23.2 Å². The number of nitriles is 1. The topological polar surface area (TPSA) is 106 Å². The molecule has 1 aromatic heterocycles. The molecule has 2 aromatic carbocycles. The number of hydrogen-bond donors (Lipinski definition) is 1. The van der Waals surface area contributed by atoms with Crippen LogP contribution in [0.3, 0.4) is 0 Å². The molecule has 1 N–H and O–H groups in total. The van der Waals surface area contributed by atoms with Gasteiger partial charge in [0, 0.05) is 42.2 Å². The first-order valence-corrected chi connectivity index (χ1v) is 13.1. The fourth-order valence-electron chi connectivity index (χ4n) is 5.61. The number of fused-ring (bicyclic) bond motifs is 2. The van der Waals surface area contributed by atoms with Crippen LogP contribution in [0.4, 0.5) is 5.69 Å². The third-order valence-corrected chi connectivity index (χ3v) is 7.64. The van der Waals surface area contributed by atoms with Gasteiger partial charge in [-0.15, -0.1) is 0 Å². The number of rotatable bonds is 10. The zero-order valence-electron chi connectivity index (χ0n) is 21.8. The molecule has 0 unspecified atom stereocenters. The quantitative estimate of drug-likeness (QED) is 0.398. The lowest BCUT2D eigenvalue weighted by Crippen LogP contribution is -2.20. The van der Waals surface area contributed by atoms with E-state index in [0.29, 0.717) is 43.7 Å². The van der Waals surface area contributed by atoms with Crippen LogP contribution in [-0.2, 0) is 46.2 Å². The summed E-state index contributed by atoms with van der Waals surface area (Å²) in [6.07, 6.45) is 7.95. The Labute approximate surface area is 222 Å². The standard InChI is InChI=1S/C30H32N4O4/c1-3-37-28(35)6-4-5-23-8-7-20(16-31)13-27(23)33-29(36)26-15-30(26)12-11-22-9-10-24(14-25(22)30)38-19-21-17-32-34(2)18-21/h7-10,13-14,17-18,26H,3-6,11-12,15,19H2,1-2H3,(H,33,36)/t26-,30-/m0/s1. The zero-order valence-corrected chi connectivity index (χ0v) is 21.8. The maximum atomic E-state index is 13.5.